The van der Waals surface area contributed by atoms with E-state index in [9.17, 15) is 9.59 Å². The van der Waals surface area contributed by atoms with Crippen molar-refractivity contribution in [1.82, 2.24) is 20.2 Å². The Kier molecular flexibility index (Phi) is 5.78. The molecule has 6 nitrogen and oxygen atoms in total. The lowest BCUT2D eigenvalue weighted by Gasteiger charge is -2.11. The number of imide groups is 1. The third-order valence-electron chi connectivity index (χ3n) is 4.33. The minimum atomic E-state index is -0.477. The molecule has 1 aliphatic rings. The summed E-state index contributed by atoms with van der Waals surface area (Å²) >= 11 is 2.92. The summed E-state index contributed by atoms with van der Waals surface area (Å²) in [4.78, 5) is 29.6. The molecule has 2 heterocycles. The van der Waals surface area contributed by atoms with Gasteiger partial charge in [-0.05, 0) is 29.9 Å². The summed E-state index contributed by atoms with van der Waals surface area (Å²) in [6.07, 6.45) is 4.11. The molecule has 0 unspecified atom stereocenters. The first-order valence-corrected chi connectivity index (χ1v) is 10.9. The van der Waals surface area contributed by atoms with Gasteiger partial charge in [0, 0.05) is 10.9 Å². The van der Waals surface area contributed by atoms with E-state index >= 15 is 0 Å². The van der Waals surface area contributed by atoms with Crippen LogP contribution in [0.3, 0.4) is 0 Å². The second-order valence-corrected chi connectivity index (χ2v) is 8.47. The highest BCUT2D eigenvalue weighted by Gasteiger charge is 2.29. The highest BCUT2D eigenvalue weighted by molar-refractivity contribution is 7.99. The van der Waals surface area contributed by atoms with Gasteiger partial charge in [0.1, 0.15) is 0 Å². The molecular formula is C20H20N4O2S2. The van der Waals surface area contributed by atoms with Gasteiger partial charge in [-0.25, -0.2) is 9.78 Å². The van der Waals surface area contributed by atoms with Gasteiger partial charge in [-0.2, -0.15) is 0 Å². The van der Waals surface area contributed by atoms with Gasteiger partial charge in [-0.15, -0.1) is 11.3 Å². The molecule has 0 atom stereocenters. The molecule has 1 aliphatic carbocycles. The van der Waals surface area contributed by atoms with E-state index in [1.54, 1.807) is 11.3 Å². The van der Waals surface area contributed by atoms with Gasteiger partial charge in [0.05, 0.1) is 24.2 Å². The molecular weight excluding hydrogens is 392 g/mol. The molecule has 0 saturated heterocycles. The van der Waals surface area contributed by atoms with Crippen molar-refractivity contribution < 1.29 is 9.59 Å². The highest BCUT2D eigenvalue weighted by Crippen LogP contribution is 2.41. The normalized spacial score (nSPS) is 13.3. The smallest absolute Gasteiger partial charge is 0.321 e. The Morgan fingerprint density at radius 2 is 2.00 bits per heavy atom. The van der Waals surface area contributed by atoms with Crippen LogP contribution in [0.1, 0.15) is 23.8 Å². The zero-order valence-electron chi connectivity index (χ0n) is 15.1. The van der Waals surface area contributed by atoms with Crippen molar-refractivity contribution in [2.75, 3.05) is 5.75 Å². The molecule has 8 heteroatoms. The van der Waals surface area contributed by atoms with Crippen molar-refractivity contribution in [3.8, 4) is 11.3 Å². The molecule has 0 spiro atoms. The first-order valence-electron chi connectivity index (χ1n) is 9.06. The number of amides is 3. The third-order valence-corrected chi connectivity index (χ3v) is 6.18. The van der Waals surface area contributed by atoms with Gasteiger partial charge in [0.15, 0.2) is 5.16 Å². The first-order chi connectivity index (χ1) is 13.7. The van der Waals surface area contributed by atoms with Crippen LogP contribution in [-0.2, 0) is 11.3 Å². The summed E-state index contributed by atoms with van der Waals surface area (Å²) in [6, 6.07) is 14.0. The monoisotopic (exact) mass is 412 g/mol. The van der Waals surface area contributed by atoms with Crippen LogP contribution in [0.4, 0.5) is 4.79 Å². The molecule has 0 bridgehead atoms. The molecule has 1 saturated carbocycles. The largest absolute Gasteiger partial charge is 0.333 e. The number of thioether (sulfide) groups is 1. The van der Waals surface area contributed by atoms with Gasteiger partial charge >= 0.3 is 6.03 Å². The number of rotatable bonds is 7. The van der Waals surface area contributed by atoms with Crippen LogP contribution in [0.2, 0.25) is 0 Å². The lowest BCUT2D eigenvalue weighted by Crippen LogP contribution is -2.39. The fourth-order valence-corrected chi connectivity index (χ4v) is 4.37. The SMILES string of the molecule is O=C(CSc1ncc(-c2ccccc2)n1C1CC1)NC(=O)NCc1cccs1. The van der Waals surface area contributed by atoms with E-state index in [1.807, 2.05) is 41.9 Å². The lowest BCUT2D eigenvalue weighted by molar-refractivity contribution is -0.117. The number of aromatic nitrogens is 2. The maximum atomic E-state index is 12.1. The Labute approximate surface area is 171 Å². The topological polar surface area (TPSA) is 76.0 Å². The number of nitrogens with one attached hydrogen (secondary N) is 2. The van der Waals surface area contributed by atoms with Gasteiger partial charge in [-0.3, -0.25) is 10.1 Å². The summed E-state index contributed by atoms with van der Waals surface area (Å²) in [5.74, 6) is -0.190. The van der Waals surface area contributed by atoms with E-state index in [-0.39, 0.29) is 11.7 Å². The van der Waals surface area contributed by atoms with Crippen LogP contribution in [0.15, 0.2) is 59.2 Å². The minimum absolute atomic E-state index is 0.143. The van der Waals surface area contributed by atoms with E-state index in [4.69, 9.17) is 0 Å². The van der Waals surface area contributed by atoms with Crippen LogP contribution in [0.25, 0.3) is 11.3 Å². The van der Waals surface area contributed by atoms with Gasteiger partial charge in [0.25, 0.3) is 0 Å². The van der Waals surface area contributed by atoms with E-state index in [0.29, 0.717) is 12.6 Å². The van der Waals surface area contributed by atoms with E-state index in [0.717, 1.165) is 34.1 Å². The predicted molar refractivity (Wildman–Crippen MR) is 111 cm³/mol. The van der Waals surface area contributed by atoms with Gasteiger partial charge in [0.2, 0.25) is 5.91 Å². The number of hydrogen-bond donors (Lipinski definition) is 2. The van der Waals surface area contributed by atoms with Crippen molar-refractivity contribution in [1.29, 1.82) is 0 Å². The van der Waals surface area contributed by atoms with Crippen LogP contribution >= 0.6 is 23.1 Å². The second-order valence-electron chi connectivity index (χ2n) is 6.49. The Morgan fingerprint density at radius 1 is 1.18 bits per heavy atom. The number of carbonyl (C=O) groups is 2. The van der Waals surface area contributed by atoms with Gasteiger partial charge < -0.3 is 9.88 Å². The van der Waals surface area contributed by atoms with Crippen molar-refractivity contribution in [3.05, 3.63) is 58.9 Å². The van der Waals surface area contributed by atoms with Crippen molar-refractivity contribution >= 4 is 35.0 Å². The van der Waals surface area contributed by atoms with Crippen molar-refractivity contribution in [3.63, 3.8) is 0 Å². The zero-order chi connectivity index (χ0) is 19.3. The Hall–Kier alpha value is -2.58. The number of benzene rings is 1. The predicted octanol–water partition coefficient (Wildman–Crippen LogP) is 4.06. The average molecular weight is 413 g/mol. The number of thiophene rings is 1. The fourth-order valence-electron chi connectivity index (χ4n) is 2.88. The quantitative estimate of drug-likeness (QED) is 0.574. The van der Waals surface area contributed by atoms with E-state index in [2.05, 4.69) is 32.3 Å². The van der Waals surface area contributed by atoms with Crippen molar-refractivity contribution in [2.45, 2.75) is 30.6 Å². The van der Waals surface area contributed by atoms with Gasteiger partial charge in [-0.1, -0.05) is 48.2 Å². The molecule has 3 aromatic rings. The second kappa shape index (κ2) is 8.62. The maximum Gasteiger partial charge on any atom is 0.321 e. The summed E-state index contributed by atoms with van der Waals surface area (Å²) in [6.45, 7) is 0.413. The molecule has 0 radical (unpaired) electrons. The molecule has 2 aromatic heterocycles. The Bertz CT molecular complexity index is 950. The molecule has 144 valence electrons. The lowest BCUT2D eigenvalue weighted by atomic mass is 10.2. The standard InChI is InChI=1S/C20H20N4O2S2/c25-18(23-19(26)21-11-16-7-4-10-27-16)13-28-20-22-12-17(24(20)15-8-9-15)14-5-2-1-3-6-14/h1-7,10,12,15H,8-9,11,13H2,(H2,21,23,25,26). The fraction of sp³-hybridized carbons (Fsp3) is 0.250. The molecule has 4 rings (SSSR count). The maximum absolute atomic E-state index is 12.1. The molecule has 2 N–H and O–H groups in total. The Balaban J connectivity index is 1.34. The average Bonchev–Trinajstić information content (AvgIpc) is 3.24. The molecule has 0 aliphatic heterocycles. The summed E-state index contributed by atoms with van der Waals surface area (Å²) in [5, 5.41) is 7.82. The van der Waals surface area contributed by atoms with Crippen LogP contribution in [0.5, 0.6) is 0 Å². The number of nitrogens with zero attached hydrogens (tertiary/aromatic N) is 2. The zero-order valence-corrected chi connectivity index (χ0v) is 16.8. The summed E-state index contributed by atoms with van der Waals surface area (Å²) < 4.78 is 2.21. The van der Waals surface area contributed by atoms with Crippen LogP contribution < -0.4 is 10.6 Å². The highest BCUT2D eigenvalue weighted by atomic mass is 32.2. The molecule has 1 fully saturated rings. The molecule has 28 heavy (non-hydrogen) atoms. The third kappa shape index (κ3) is 4.63. The minimum Gasteiger partial charge on any atom is -0.333 e. The van der Waals surface area contributed by atoms with Crippen molar-refractivity contribution in [2.24, 2.45) is 0 Å². The summed E-state index contributed by atoms with van der Waals surface area (Å²) in [5.41, 5.74) is 2.19. The Morgan fingerprint density at radius 3 is 2.71 bits per heavy atom. The number of carbonyl (C=O) groups excluding carboxylic acids is 2. The van der Waals surface area contributed by atoms with Crippen LogP contribution in [0, 0.1) is 0 Å². The van der Waals surface area contributed by atoms with E-state index < -0.39 is 6.03 Å². The number of hydrogen-bond acceptors (Lipinski definition) is 5. The molecule has 3 amide bonds. The number of urea groups is 1. The number of imidazole rings is 1. The molecule has 1 aromatic carbocycles. The van der Waals surface area contributed by atoms with E-state index in [1.165, 1.54) is 11.8 Å². The van der Waals surface area contributed by atoms with Crippen LogP contribution in [-0.4, -0.2) is 27.2 Å². The first kappa shape index (κ1) is 18.8. The summed E-state index contributed by atoms with van der Waals surface area (Å²) in [7, 11) is 0.